The van der Waals surface area contributed by atoms with Crippen LogP contribution in [-0.2, 0) is 4.79 Å². The monoisotopic (exact) mass is 172 g/mol. The summed E-state index contributed by atoms with van der Waals surface area (Å²) in [5.41, 5.74) is 4.75. The number of carbonyl (C=O) groups excluding carboxylic acids is 3. The zero-order chi connectivity index (χ0) is 9.30. The Morgan fingerprint density at radius 3 is 2.58 bits per heavy atom. The Morgan fingerprint density at radius 1 is 1.67 bits per heavy atom. The van der Waals surface area contributed by atoms with Crippen LogP contribution in [0.15, 0.2) is 0 Å². The molecule has 0 aromatic carbocycles. The van der Waals surface area contributed by atoms with Crippen molar-refractivity contribution in [2.24, 2.45) is 5.73 Å². The second kappa shape index (κ2) is 2.68. The first-order valence-corrected chi connectivity index (χ1v) is 3.16. The summed E-state index contributed by atoms with van der Waals surface area (Å²) in [7, 11) is 1.31. The van der Waals surface area contributed by atoms with Gasteiger partial charge in [-0.1, -0.05) is 0 Å². The maximum atomic E-state index is 11.0. The molecule has 1 aliphatic rings. The van der Waals surface area contributed by atoms with Crippen LogP contribution < -0.4 is 16.4 Å². The Kier molecular flexibility index (Phi) is 1.86. The zero-order valence-corrected chi connectivity index (χ0v) is 6.33. The van der Waals surface area contributed by atoms with E-state index in [0.717, 1.165) is 4.90 Å². The molecule has 0 spiro atoms. The highest BCUT2D eigenvalue weighted by Crippen LogP contribution is 1.99. The standard InChI is InChI=1S/C5H8N4O3/c1-9-3(10)2(7-4(6)11)8-5(9)12/h2H,1H3,(H,8,12)(H3,6,7,11). The lowest BCUT2D eigenvalue weighted by Crippen LogP contribution is -2.48. The summed E-state index contributed by atoms with van der Waals surface area (Å²) in [5, 5.41) is 4.28. The molecule has 1 fully saturated rings. The average molecular weight is 172 g/mol. The molecule has 0 bridgehead atoms. The molecule has 0 aromatic heterocycles. The third kappa shape index (κ3) is 1.29. The Bertz CT molecular complexity index is 249. The molecule has 7 nitrogen and oxygen atoms in total. The molecule has 1 rings (SSSR count). The van der Waals surface area contributed by atoms with Crippen molar-refractivity contribution >= 4 is 18.0 Å². The van der Waals surface area contributed by atoms with Crippen molar-refractivity contribution in [3.8, 4) is 0 Å². The highest BCUT2D eigenvalue weighted by Gasteiger charge is 2.35. The fraction of sp³-hybridized carbons (Fsp3) is 0.400. The number of hydrogen-bond donors (Lipinski definition) is 3. The normalized spacial score (nSPS) is 22.4. The highest BCUT2D eigenvalue weighted by molar-refractivity contribution is 6.04. The minimum atomic E-state index is -1.03. The second-order valence-corrected chi connectivity index (χ2v) is 2.29. The number of carbonyl (C=O) groups is 3. The van der Waals surface area contributed by atoms with Gasteiger partial charge in [-0.15, -0.1) is 0 Å². The van der Waals surface area contributed by atoms with Crippen molar-refractivity contribution in [1.29, 1.82) is 0 Å². The van der Waals surface area contributed by atoms with E-state index < -0.39 is 24.1 Å². The molecule has 5 amide bonds. The van der Waals surface area contributed by atoms with Crippen molar-refractivity contribution in [1.82, 2.24) is 15.5 Å². The van der Waals surface area contributed by atoms with Crippen LogP contribution in [0.5, 0.6) is 0 Å². The minimum absolute atomic E-state index is 0.529. The van der Waals surface area contributed by atoms with Gasteiger partial charge in [-0.25, -0.2) is 9.59 Å². The summed E-state index contributed by atoms with van der Waals surface area (Å²) in [6, 6.07) is -1.41. The summed E-state index contributed by atoms with van der Waals surface area (Å²) in [6.45, 7) is 0. The van der Waals surface area contributed by atoms with Crippen LogP contribution in [0.3, 0.4) is 0 Å². The van der Waals surface area contributed by atoms with Gasteiger partial charge in [0, 0.05) is 7.05 Å². The molecule has 0 aromatic rings. The van der Waals surface area contributed by atoms with E-state index in [4.69, 9.17) is 5.73 Å². The molecular formula is C5H8N4O3. The number of primary amides is 1. The van der Waals surface area contributed by atoms with Crippen molar-refractivity contribution in [3.63, 3.8) is 0 Å². The van der Waals surface area contributed by atoms with E-state index in [1.807, 2.05) is 0 Å². The molecule has 7 heteroatoms. The maximum Gasteiger partial charge on any atom is 0.325 e. The smallest absolute Gasteiger partial charge is 0.325 e. The molecular weight excluding hydrogens is 164 g/mol. The van der Waals surface area contributed by atoms with Crippen LogP contribution in [-0.4, -0.2) is 36.1 Å². The Labute approximate surface area is 67.9 Å². The predicted molar refractivity (Wildman–Crippen MR) is 37.8 cm³/mol. The Morgan fingerprint density at radius 2 is 2.25 bits per heavy atom. The van der Waals surface area contributed by atoms with Gasteiger partial charge >= 0.3 is 12.1 Å². The molecule has 0 saturated carbocycles. The second-order valence-electron chi connectivity index (χ2n) is 2.29. The van der Waals surface area contributed by atoms with E-state index in [-0.39, 0.29) is 0 Å². The predicted octanol–water partition coefficient (Wildman–Crippen LogP) is -1.84. The van der Waals surface area contributed by atoms with Crippen molar-refractivity contribution < 1.29 is 14.4 Å². The summed E-state index contributed by atoms with van der Waals surface area (Å²) < 4.78 is 0. The largest absolute Gasteiger partial charge is 0.352 e. The van der Waals surface area contributed by atoms with Gasteiger partial charge in [0.05, 0.1) is 0 Å². The van der Waals surface area contributed by atoms with Crippen molar-refractivity contribution in [2.75, 3.05) is 7.05 Å². The zero-order valence-electron chi connectivity index (χ0n) is 6.33. The number of likely N-dealkylation sites (N-methyl/N-ethyl adjacent to an activating group) is 1. The Hall–Kier alpha value is -1.79. The number of urea groups is 2. The van der Waals surface area contributed by atoms with Gasteiger partial charge in [-0.3, -0.25) is 9.69 Å². The minimum Gasteiger partial charge on any atom is -0.352 e. The number of nitrogens with two attached hydrogens (primary N) is 1. The fourth-order valence-electron chi connectivity index (χ4n) is 0.816. The topological polar surface area (TPSA) is 105 Å². The lowest BCUT2D eigenvalue weighted by molar-refractivity contribution is -0.126. The van der Waals surface area contributed by atoms with Gasteiger partial charge in [0.1, 0.15) is 0 Å². The van der Waals surface area contributed by atoms with Crippen LogP contribution in [0, 0.1) is 0 Å². The lowest BCUT2D eigenvalue weighted by atomic mass is 10.5. The van der Waals surface area contributed by atoms with E-state index in [9.17, 15) is 14.4 Å². The van der Waals surface area contributed by atoms with E-state index in [0.29, 0.717) is 0 Å². The van der Waals surface area contributed by atoms with E-state index in [2.05, 4.69) is 10.6 Å². The molecule has 0 aliphatic carbocycles. The van der Waals surface area contributed by atoms with Crippen molar-refractivity contribution in [3.05, 3.63) is 0 Å². The van der Waals surface area contributed by atoms with Crippen molar-refractivity contribution in [2.45, 2.75) is 6.17 Å². The SMILES string of the molecule is CN1C(=O)NC(NC(N)=O)C1=O. The van der Waals surface area contributed by atoms with Gasteiger partial charge < -0.3 is 16.4 Å². The number of imide groups is 1. The molecule has 0 radical (unpaired) electrons. The number of amides is 5. The first kappa shape index (κ1) is 8.31. The van der Waals surface area contributed by atoms with Crippen LogP contribution in [0.1, 0.15) is 0 Å². The number of nitrogens with one attached hydrogen (secondary N) is 2. The van der Waals surface area contributed by atoms with Gasteiger partial charge in [0.25, 0.3) is 5.91 Å². The Balaban J connectivity index is 2.65. The molecule has 1 atom stereocenters. The van der Waals surface area contributed by atoms with E-state index >= 15 is 0 Å². The van der Waals surface area contributed by atoms with Crippen LogP contribution in [0.2, 0.25) is 0 Å². The molecule has 1 aliphatic heterocycles. The quantitative estimate of drug-likeness (QED) is 0.405. The number of nitrogens with zero attached hydrogens (tertiary/aromatic N) is 1. The molecule has 4 N–H and O–H groups in total. The van der Waals surface area contributed by atoms with E-state index in [1.54, 1.807) is 0 Å². The van der Waals surface area contributed by atoms with Gasteiger partial charge in [-0.05, 0) is 0 Å². The maximum absolute atomic E-state index is 11.0. The van der Waals surface area contributed by atoms with Crippen LogP contribution >= 0.6 is 0 Å². The third-order valence-electron chi connectivity index (χ3n) is 1.44. The lowest BCUT2D eigenvalue weighted by Gasteiger charge is -2.06. The number of rotatable bonds is 1. The van der Waals surface area contributed by atoms with Gasteiger partial charge in [0.15, 0.2) is 6.17 Å². The molecule has 66 valence electrons. The molecule has 1 heterocycles. The highest BCUT2D eigenvalue weighted by atomic mass is 16.2. The van der Waals surface area contributed by atoms with Crippen LogP contribution in [0.25, 0.3) is 0 Å². The summed E-state index contributed by atoms with van der Waals surface area (Å²) in [4.78, 5) is 33.0. The molecule has 12 heavy (non-hydrogen) atoms. The fourth-order valence-corrected chi connectivity index (χ4v) is 0.816. The summed E-state index contributed by atoms with van der Waals surface area (Å²) in [5.74, 6) is -0.529. The molecule has 1 saturated heterocycles. The van der Waals surface area contributed by atoms with Gasteiger partial charge in [0.2, 0.25) is 0 Å². The number of hydrogen-bond acceptors (Lipinski definition) is 3. The first-order valence-electron chi connectivity index (χ1n) is 3.16. The van der Waals surface area contributed by atoms with Crippen LogP contribution in [0.4, 0.5) is 9.59 Å². The third-order valence-corrected chi connectivity index (χ3v) is 1.44. The summed E-state index contributed by atoms with van der Waals surface area (Å²) >= 11 is 0. The summed E-state index contributed by atoms with van der Waals surface area (Å²) in [6.07, 6.45) is -1.03. The average Bonchev–Trinajstić information content (AvgIpc) is 2.17. The molecule has 1 unspecified atom stereocenters. The first-order chi connectivity index (χ1) is 5.52. The van der Waals surface area contributed by atoms with Gasteiger partial charge in [-0.2, -0.15) is 0 Å². The van der Waals surface area contributed by atoms with E-state index in [1.165, 1.54) is 7.05 Å².